The van der Waals surface area contributed by atoms with E-state index in [9.17, 15) is 19.8 Å². The van der Waals surface area contributed by atoms with Gasteiger partial charge in [-0.05, 0) is 198 Å². The third kappa shape index (κ3) is 5.09. The number of Topliss-reactive ketones (excluding diaryl/α,β-unsaturated/α-hetero) is 2. The Morgan fingerprint density at radius 3 is 1.17 bits per heavy atom. The van der Waals surface area contributed by atoms with Gasteiger partial charge in [0.1, 0.15) is 11.6 Å². The summed E-state index contributed by atoms with van der Waals surface area (Å²) in [5.74, 6) is 7.94. The van der Waals surface area contributed by atoms with E-state index in [0.29, 0.717) is 34.2 Å². The zero-order valence-electron chi connectivity index (χ0n) is 30.4. The molecule has 0 radical (unpaired) electrons. The summed E-state index contributed by atoms with van der Waals surface area (Å²) in [6.45, 7) is 13.6. The number of rotatable bonds is 2. The van der Waals surface area contributed by atoms with Gasteiger partial charge in [0.2, 0.25) is 0 Å². The third-order valence-electron chi connectivity index (χ3n) is 18.3. The number of ketones is 2. The summed E-state index contributed by atoms with van der Waals surface area (Å²) in [6.07, 6.45) is 21.8. The Morgan fingerprint density at radius 1 is 0.457 bits per heavy atom. The van der Waals surface area contributed by atoms with E-state index < -0.39 is 0 Å². The van der Waals surface area contributed by atoms with Gasteiger partial charge in [0.05, 0.1) is 12.2 Å². The largest absolute Gasteiger partial charge is 0.393 e. The SMILES string of the molecule is CC(=O)[C@H]1CC[C@H]2[C@@H]3CC[C@@H]4C[C@H](O)CC[C@]4(C)[C@H]3CC[C@]12C.CC(=O)[C@H]1CC[C@H]2[C@@H]3CC[C@H]4C[C@H](O)CC[C@]4(C)[C@H]3CC[C@]12C. The maximum atomic E-state index is 12.2. The fourth-order valence-corrected chi connectivity index (χ4v) is 15.8. The lowest BCUT2D eigenvalue weighted by atomic mass is 9.44. The summed E-state index contributed by atoms with van der Waals surface area (Å²) < 4.78 is 0. The van der Waals surface area contributed by atoms with Crippen LogP contribution in [0.3, 0.4) is 0 Å². The Morgan fingerprint density at radius 2 is 0.804 bits per heavy atom. The van der Waals surface area contributed by atoms with E-state index in [1.165, 1.54) is 77.0 Å². The lowest BCUT2D eigenvalue weighted by Crippen LogP contribution is -2.54. The second-order valence-electron chi connectivity index (χ2n) is 19.7. The fourth-order valence-electron chi connectivity index (χ4n) is 15.8. The highest BCUT2D eigenvalue weighted by Gasteiger charge is 2.62. The zero-order valence-corrected chi connectivity index (χ0v) is 30.4. The standard InChI is InChI=1S/2C21H34O2/c2*1-13(22)17-6-7-18-16-5-4-14-12-15(23)8-10-20(14,2)19(16)9-11-21(17,18)3/h2*14-19,23H,4-12H2,1-3H3/t14-,15+,16-,17+,18-,19-,20-,21+;14-,15-,16+,17-,18+,19+,20+,21-/m01/s1. The van der Waals surface area contributed by atoms with Crippen LogP contribution in [-0.4, -0.2) is 34.0 Å². The Hall–Kier alpha value is -0.740. The van der Waals surface area contributed by atoms with E-state index >= 15 is 0 Å². The van der Waals surface area contributed by atoms with Crippen molar-refractivity contribution in [2.45, 2.75) is 169 Å². The summed E-state index contributed by atoms with van der Waals surface area (Å²) in [5.41, 5.74) is 1.48. The fraction of sp³-hybridized carbons (Fsp3) is 0.952. The van der Waals surface area contributed by atoms with Crippen LogP contribution in [0.15, 0.2) is 0 Å². The molecule has 4 nitrogen and oxygen atoms in total. The van der Waals surface area contributed by atoms with E-state index in [1.54, 1.807) is 0 Å². The van der Waals surface area contributed by atoms with Crippen LogP contribution in [0.2, 0.25) is 0 Å². The van der Waals surface area contributed by atoms with E-state index in [1.807, 2.05) is 13.8 Å². The van der Waals surface area contributed by atoms with Crippen LogP contribution in [0.1, 0.15) is 157 Å². The Kier molecular flexibility index (Phi) is 8.76. The van der Waals surface area contributed by atoms with Gasteiger partial charge in [-0.3, -0.25) is 9.59 Å². The molecule has 0 aromatic carbocycles. The van der Waals surface area contributed by atoms with Crippen LogP contribution >= 0.6 is 0 Å². The Labute approximate surface area is 281 Å². The number of hydrogen-bond acceptors (Lipinski definition) is 4. The average Bonchev–Trinajstić information content (AvgIpc) is 3.55. The molecule has 0 aliphatic heterocycles. The number of hydrogen-bond donors (Lipinski definition) is 2. The molecule has 2 N–H and O–H groups in total. The van der Waals surface area contributed by atoms with Crippen LogP contribution in [-0.2, 0) is 9.59 Å². The molecular weight excluding hydrogens is 568 g/mol. The highest BCUT2D eigenvalue weighted by Crippen LogP contribution is 2.69. The number of aliphatic hydroxyl groups excluding tert-OH is 2. The Bertz CT molecular complexity index is 1090. The number of carbonyl (C=O) groups is 2. The van der Waals surface area contributed by atoms with E-state index in [4.69, 9.17) is 0 Å². The van der Waals surface area contributed by atoms with Gasteiger partial charge >= 0.3 is 0 Å². The van der Waals surface area contributed by atoms with Crippen LogP contribution in [0, 0.1) is 80.8 Å². The third-order valence-corrected chi connectivity index (χ3v) is 18.3. The lowest BCUT2D eigenvalue weighted by Gasteiger charge is -2.60. The van der Waals surface area contributed by atoms with Crippen molar-refractivity contribution in [1.29, 1.82) is 0 Å². The first-order valence-corrected chi connectivity index (χ1v) is 20.1. The van der Waals surface area contributed by atoms with Crippen LogP contribution in [0.25, 0.3) is 0 Å². The summed E-state index contributed by atoms with van der Waals surface area (Å²) >= 11 is 0. The number of fused-ring (bicyclic) bond motifs is 10. The quantitative estimate of drug-likeness (QED) is 0.317. The van der Waals surface area contributed by atoms with E-state index in [0.717, 1.165) is 85.9 Å². The molecule has 0 heterocycles. The van der Waals surface area contributed by atoms with Crippen LogP contribution in [0.4, 0.5) is 0 Å². The minimum Gasteiger partial charge on any atom is -0.393 e. The number of aliphatic hydroxyl groups is 2. The van der Waals surface area contributed by atoms with Crippen molar-refractivity contribution in [3.8, 4) is 0 Å². The molecule has 8 rings (SSSR count). The molecule has 46 heavy (non-hydrogen) atoms. The smallest absolute Gasteiger partial charge is 0.133 e. The van der Waals surface area contributed by atoms with Gasteiger partial charge in [-0.15, -0.1) is 0 Å². The van der Waals surface area contributed by atoms with Crippen molar-refractivity contribution < 1.29 is 19.8 Å². The molecule has 8 fully saturated rings. The molecule has 0 aromatic heterocycles. The van der Waals surface area contributed by atoms with Gasteiger partial charge in [-0.2, -0.15) is 0 Å². The summed E-state index contributed by atoms with van der Waals surface area (Å²) in [7, 11) is 0. The van der Waals surface area contributed by atoms with Crippen molar-refractivity contribution >= 4 is 11.6 Å². The molecule has 8 aliphatic rings. The van der Waals surface area contributed by atoms with E-state index in [-0.39, 0.29) is 23.0 Å². The van der Waals surface area contributed by atoms with Gasteiger partial charge < -0.3 is 10.2 Å². The topological polar surface area (TPSA) is 74.6 Å². The molecule has 8 saturated carbocycles. The molecule has 0 unspecified atom stereocenters. The van der Waals surface area contributed by atoms with Gasteiger partial charge in [-0.1, -0.05) is 27.7 Å². The summed E-state index contributed by atoms with van der Waals surface area (Å²) in [5, 5.41) is 20.2. The zero-order chi connectivity index (χ0) is 32.8. The molecule has 0 amide bonds. The molecule has 0 saturated heterocycles. The van der Waals surface area contributed by atoms with Crippen molar-refractivity contribution in [1.82, 2.24) is 0 Å². The first-order valence-electron chi connectivity index (χ1n) is 20.1. The Balaban J connectivity index is 0.000000147. The predicted octanol–water partition coefficient (Wildman–Crippen LogP) is 9.19. The van der Waals surface area contributed by atoms with E-state index in [2.05, 4.69) is 27.7 Å². The van der Waals surface area contributed by atoms with Crippen LogP contribution < -0.4 is 0 Å². The molecule has 0 bridgehead atoms. The monoisotopic (exact) mass is 637 g/mol. The molecule has 4 heteroatoms. The van der Waals surface area contributed by atoms with Crippen molar-refractivity contribution in [2.75, 3.05) is 0 Å². The van der Waals surface area contributed by atoms with Crippen molar-refractivity contribution in [3.05, 3.63) is 0 Å². The maximum absolute atomic E-state index is 12.2. The minimum atomic E-state index is -0.0490. The summed E-state index contributed by atoms with van der Waals surface area (Å²) in [4.78, 5) is 24.3. The molecule has 16 atom stereocenters. The normalized spacial score (nSPS) is 55.7. The number of carbonyl (C=O) groups excluding carboxylic acids is 2. The first-order chi connectivity index (χ1) is 21.7. The maximum Gasteiger partial charge on any atom is 0.133 e. The average molecular weight is 637 g/mol. The molecule has 8 aliphatic carbocycles. The van der Waals surface area contributed by atoms with Gasteiger partial charge in [0.25, 0.3) is 0 Å². The van der Waals surface area contributed by atoms with Gasteiger partial charge in [-0.25, -0.2) is 0 Å². The lowest BCUT2D eigenvalue weighted by molar-refractivity contribution is -0.138. The van der Waals surface area contributed by atoms with Crippen molar-refractivity contribution in [2.24, 2.45) is 80.8 Å². The highest BCUT2D eigenvalue weighted by atomic mass is 16.3. The molecular formula is C42H68O4. The predicted molar refractivity (Wildman–Crippen MR) is 184 cm³/mol. The molecule has 0 spiro atoms. The molecule has 0 aromatic rings. The molecule has 260 valence electrons. The minimum absolute atomic E-state index is 0.0490. The second-order valence-corrected chi connectivity index (χ2v) is 19.7. The summed E-state index contributed by atoms with van der Waals surface area (Å²) in [6, 6.07) is 0. The van der Waals surface area contributed by atoms with Gasteiger partial charge in [0, 0.05) is 11.8 Å². The van der Waals surface area contributed by atoms with Crippen LogP contribution in [0.5, 0.6) is 0 Å². The van der Waals surface area contributed by atoms with Gasteiger partial charge in [0.15, 0.2) is 0 Å². The van der Waals surface area contributed by atoms with Crippen molar-refractivity contribution in [3.63, 3.8) is 0 Å². The highest BCUT2D eigenvalue weighted by molar-refractivity contribution is 5.80. The first kappa shape index (κ1) is 33.7. The second kappa shape index (κ2) is 11.9.